The molecule has 0 aromatic heterocycles. The van der Waals surface area contributed by atoms with Gasteiger partial charge < -0.3 is 5.32 Å². The van der Waals surface area contributed by atoms with Crippen molar-refractivity contribution in [1.82, 2.24) is 5.32 Å². The lowest BCUT2D eigenvalue weighted by Gasteiger charge is -2.24. The van der Waals surface area contributed by atoms with Crippen molar-refractivity contribution in [1.29, 1.82) is 0 Å². The molecule has 21 heavy (non-hydrogen) atoms. The monoisotopic (exact) mass is 317 g/mol. The molecule has 1 nitrogen and oxygen atoms in total. The standard InChI is InChI=1S/C16H22F3NS/c1-2-7-20-15(13-6-8-21-11-13)10-12-4-3-5-14(9-12)16(17,18)19/h3-5,9,13,15,20H,2,6-8,10-11H2,1H3. The Morgan fingerprint density at radius 1 is 1.38 bits per heavy atom. The Morgan fingerprint density at radius 3 is 2.81 bits per heavy atom. The van der Waals surface area contributed by atoms with E-state index < -0.39 is 11.7 Å². The quantitative estimate of drug-likeness (QED) is 0.836. The fourth-order valence-electron chi connectivity index (χ4n) is 2.73. The first-order valence-electron chi connectivity index (χ1n) is 7.48. The number of hydrogen-bond acceptors (Lipinski definition) is 2. The maximum atomic E-state index is 12.8. The first kappa shape index (κ1) is 16.7. The number of thioether (sulfide) groups is 1. The van der Waals surface area contributed by atoms with Gasteiger partial charge in [0.15, 0.2) is 0 Å². The van der Waals surface area contributed by atoms with Crippen LogP contribution in [0.5, 0.6) is 0 Å². The molecule has 0 saturated carbocycles. The molecule has 1 aromatic carbocycles. The number of benzene rings is 1. The average molecular weight is 317 g/mol. The predicted octanol–water partition coefficient (Wildman–Crippen LogP) is 4.37. The van der Waals surface area contributed by atoms with E-state index in [1.165, 1.54) is 12.1 Å². The lowest BCUT2D eigenvalue weighted by Crippen LogP contribution is -2.38. The molecule has 1 heterocycles. The molecule has 0 bridgehead atoms. The molecule has 1 aliphatic rings. The third-order valence-electron chi connectivity index (χ3n) is 3.90. The van der Waals surface area contributed by atoms with Crippen LogP contribution in [-0.4, -0.2) is 24.1 Å². The Hall–Kier alpha value is -0.680. The summed E-state index contributed by atoms with van der Waals surface area (Å²) in [6.07, 6.45) is -1.38. The summed E-state index contributed by atoms with van der Waals surface area (Å²) in [5, 5.41) is 3.52. The summed E-state index contributed by atoms with van der Waals surface area (Å²) in [7, 11) is 0. The zero-order valence-electron chi connectivity index (χ0n) is 12.2. The van der Waals surface area contributed by atoms with E-state index in [0.717, 1.165) is 42.5 Å². The van der Waals surface area contributed by atoms with E-state index in [1.807, 2.05) is 11.8 Å². The van der Waals surface area contributed by atoms with E-state index in [0.29, 0.717) is 12.3 Å². The zero-order chi connectivity index (χ0) is 15.3. The van der Waals surface area contributed by atoms with Crippen molar-refractivity contribution in [3.8, 4) is 0 Å². The van der Waals surface area contributed by atoms with E-state index >= 15 is 0 Å². The van der Waals surface area contributed by atoms with E-state index in [-0.39, 0.29) is 6.04 Å². The Morgan fingerprint density at radius 2 is 2.19 bits per heavy atom. The van der Waals surface area contributed by atoms with Crippen LogP contribution in [0.4, 0.5) is 13.2 Å². The maximum absolute atomic E-state index is 12.8. The van der Waals surface area contributed by atoms with E-state index in [2.05, 4.69) is 12.2 Å². The van der Waals surface area contributed by atoms with Crippen LogP contribution in [0.15, 0.2) is 24.3 Å². The number of alkyl halides is 3. The van der Waals surface area contributed by atoms with E-state index in [4.69, 9.17) is 0 Å². The zero-order valence-corrected chi connectivity index (χ0v) is 13.1. The van der Waals surface area contributed by atoms with Gasteiger partial charge in [0, 0.05) is 6.04 Å². The fourth-order valence-corrected chi connectivity index (χ4v) is 4.07. The van der Waals surface area contributed by atoms with Crippen molar-refractivity contribution in [3.05, 3.63) is 35.4 Å². The predicted molar refractivity (Wildman–Crippen MR) is 82.7 cm³/mol. The van der Waals surface area contributed by atoms with E-state index in [9.17, 15) is 13.2 Å². The number of nitrogens with one attached hydrogen (secondary N) is 1. The molecule has 2 rings (SSSR count). The van der Waals surface area contributed by atoms with E-state index in [1.54, 1.807) is 6.07 Å². The summed E-state index contributed by atoms with van der Waals surface area (Å²) in [6.45, 7) is 3.03. The van der Waals surface area contributed by atoms with Crippen LogP contribution in [-0.2, 0) is 12.6 Å². The number of rotatable bonds is 6. The molecular formula is C16H22F3NS. The first-order valence-corrected chi connectivity index (χ1v) is 8.63. The smallest absolute Gasteiger partial charge is 0.313 e. The molecule has 1 saturated heterocycles. The summed E-state index contributed by atoms with van der Waals surface area (Å²) in [5.74, 6) is 2.84. The van der Waals surface area contributed by atoms with Crippen molar-refractivity contribution in [2.45, 2.75) is 38.4 Å². The Bertz CT molecular complexity index is 441. The number of hydrogen-bond donors (Lipinski definition) is 1. The fraction of sp³-hybridized carbons (Fsp3) is 0.625. The Balaban J connectivity index is 2.08. The number of halogens is 3. The van der Waals surface area contributed by atoms with Gasteiger partial charge >= 0.3 is 6.18 Å². The summed E-state index contributed by atoms with van der Waals surface area (Å²) in [6, 6.07) is 6.03. The Kier molecular flexibility index (Phi) is 5.99. The van der Waals surface area contributed by atoms with Crippen LogP contribution < -0.4 is 5.32 Å². The molecule has 0 spiro atoms. The van der Waals surface area contributed by atoms with Gasteiger partial charge in [-0.25, -0.2) is 0 Å². The lowest BCUT2D eigenvalue weighted by molar-refractivity contribution is -0.137. The topological polar surface area (TPSA) is 12.0 Å². The minimum absolute atomic E-state index is 0.281. The van der Waals surface area contributed by atoms with Gasteiger partial charge in [-0.15, -0.1) is 0 Å². The molecule has 0 radical (unpaired) electrons. The van der Waals surface area contributed by atoms with Crippen LogP contribution >= 0.6 is 11.8 Å². The molecule has 2 atom stereocenters. The van der Waals surface area contributed by atoms with Gasteiger partial charge in [-0.3, -0.25) is 0 Å². The van der Waals surface area contributed by atoms with Crippen molar-refractivity contribution in [3.63, 3.8) is 0 Å². The molecule has 0 amide bonds. The molecular weight excluding hydrogens is 295 g/mol. The largest absolute Gasteiger partial charge is 0.416 e. The SMILES string of the molecule is CCCNC(Cc1cccc(C(F)(F)F)c1)C1CCSC1. The van der Waals surface area contributed by atoms with Crippen molar-refractivity contribution in [2.75, 3.05) is 18.1 Å². The maximum Gasteiger partial charge on any atom is 0.416 e. The summed E-state index contributed by atoms with van der Waals surface area (Å²) in [4.78, 5) is 0. The molecule has 1 N–H and O–H groups in total. The summed E-state index contributed by atoms with van der Waals surface area (Å²) >= 11 is 1.94. The summed E-state index contributed by atoms with van der Waals surface area (Å²) in [5.41, 5.74) is 0.227. The van der Waals surface area contributed by atoms with Crippen molar-refractivity contribution >= 4 is 11.8 Å². The second-order valence-corrected chi connectivity index (χ2v) is 6.74. The van der Waals surface area contributed by atoms with Gasteiger partial charge in [-0.1, -0.05) is 25.1 Å². The minimum atomic E-state index is -4.26. The van der Waals surface area contributed by atoms with Gasteiger partial charge in [0.05, 0.1) is 5.56 Å². The highest BCUT2D eigenvalue weighted by Gasteiger charge is 2.31. The first-order chi connectivity index (χ1) is 10.0. The third kappa shape index (κ3) is 4.92. The molecule has 0 aliphatic carbocycles. The van der Waals surface area contributed by atoms with Crippen LogP contribution in [0, 0.1) is 5.92 Å². The highest BCUT2D eigenvalue weighted by atomic mass is 32.2. The molecule has 1 fully saturated rings. The van der Waals surface area contributed by atoms with Gasteiger partial charge in [0.2, 0.25) is 0 Å². The van der Waals surface area contributed by atoms with Gasteiger partial charge in [-0.05, 0) is 54.9 Å². The van der Waals surface area contributed by atoms with Crippen molar-refractivity contribution in [2.24, 2.45) is 5.92 Å². The second kappa shape index (κ2) is 7.54. The lowest BCUT2D eigenvalue weighted by atomic mass is 9.92. The molecule has 118 valence electrons. The summed E-state index contributed by atoms with van der Waals surface area (Å²) < 4.78 is 38.4. The van der Waals surface area contributed by atoms with Crippen LogP contribution in [0.25, 0.3) is 0 Å². The average Bonchev–Trinajstić information content (AvgIpc) is 2.97. The van der Waals surface area contributed by atoms with Crippen LogP contribution in [0.3, 0.4) is 0 Å². The van der Waals surface area contributed by atoms with Gasteiger partial charge in [-0.2, -0.15) is 24.9 Å². The van der Waals surface area contributed by atoms with Crippen LogP contribution in [0.2, 0.25) is 0 Å². The second-order valence-electron chi connectivity index (χ2n) is 5.59. The molecule has 2 unspecified atom stereocenters. The highest BCUT2D eigenvalue weighted by Crippen LogP contribution is 2.31. The molecule has 1 aromatic rings. The Labute approximate surface area is 128 Å². The third-order valence-corrected chi connectivity index (χ3v) is 5.09. The van der Waals surface area contributed by atoms with Crippen molar-refractivity contribution < 1.29 is 13.2 Å². The van der Waals surface area contributed by atoms with Gasteiger partial charge in [0.25, 0.3) is 0 Å². The normalized spacial score (nSPS) is 20.7. The highest BCUT2D eigenvalue weighted by molar-refractivity contribution is 7.99. The van der Waals surface area contributed by atoms with Gasteiger partial charge in [0.1, 0.15) is 0 Å². The van der Waals surface area contributed by atoms with Crippen LogP contribution in [0.1, 0.15) is 30.9 Å². The molecule has 5 heteroatoms. The minimum Gasteiger partial charge on any atom is -0.313 e. The molecule has 1 aliphatic heterocycles.